The van der Waals surface area contributed by atoms with Crippen LogP contribution in [0.2, 0.25) is 0 Å². The summed E-state index contributed by atoms with van der Waals surface area (Å²) in [6.45, 7) is 0. The van der Waals surface area contributed by atoms with Crippen molar-refractivity contribution >= 4 is 51.5 Å². The van der Waals surface area contributed by atoms with Crippen LogP contribution in [0.1, 0.15) is 20.9 Å². The lowest BCUT2D eigenvalue weighted by Gasteiger charge is -2.14. The predicted molar refractivity (Wildman–Crippen MR) is 140 cm³/mol. The number of hydrogen-bond donors (Lipinski definition) is 3. The van der Waals surface area contributed by atoms with Crippen molar-refractivity contribution in [2.45, 2.75) is 0 Å². The number of methoxy groups -OCH3 is 3. The summed E-state index contributed by atoms with van der Waals surface area (Å²) in [6, 6.07) is 18.8. The van der Waals surface area contributed by atoms with E-state index in [0.29, 0.717) is 39.8 Å². The van der Waals surface area contributed by atoms with E-state index in [1.807, 2.05) is 18.2 Å². The Hall–Kier alpha value is -4.57. The summed E-state index contributed by atoms with van der Waals surface area (Å²) in [5, 5.41) is 9.23. The first kappa shape index (κ1) is 24.6. The molecule has 0 aliphatic heterocycles. The molecule has 3 aromatic carbocycles. The molecule has 9 nitrogen and oxygen atoms in total. The van der Waals surface area contributed by atoms with Crippen LogP contribution in [0, 0.1) is 0 Å². The zero-order chi connectivity index (χ0) is 25.7. The molecule has 0 fully saturated rings. The first-order chi connectivity index (χ1) is 17.4. The minimum atomic E-state index is -0.439. The number of thiocarbonyl (C=S) groups is 1. The maximum Gasteiger partial charge on any atom is 0.291 e. The van der Waals surface area contributed by atoms with Gasteiger partial charge in [0.05, 0.1) is 27.0 Å². The number of fused-ring (bicyclic) bond motifs is 1. The van der Waals surface area contributed by atoms with Crippen LogP contribution in [0.4, 0.5) is 11.4 Å². The quantitative estimate of drug-likeness (QED) is 0.306. The van der Waals surface area contributed by atoms with Crippen molar-refractivity contribution in [3.8, 4) is 17.2 Å². The van der Waals surface area contributed by atoms with Crippen molar-refractivity contribution < 1.29 is 28.2 Å². The number of benzene rings is 3. The highest BCUT2D eigenvalue weighted by molar-refractivity contribution is 7.80. The van der Waals surface area contributed by atoms with Gasteiger partial charge < -0.3 is 29.3 Å². The Bertz CT molecular complexity index is 1390. The number of amides is 2. The zero-order valence-corrected chi connectivity index (χ0v) is 20.5. The molecule has 184 valence electrons. The first-order valence-corrected chi connectivity index (χ1v) is 11.1. The van der Waals surface area contributed by atoms with E-state index >= 15 is 0 Å². The molecular weight excluding hydrogens is 482 g/mol. The second-order valence-electron chi connectivity index (χ2n) is 7.53. The molecule has 0 saturated carbocycles. The van der Waals surface area contributed by atoms with E-state index in [-0.39, 0.29) is 10.9 Å². The van der Waals surface area contributed by atoms with Crippen LogP contribution >= 0.6 is 12.2 Å². The Morgan fingerprint density at radius 1 is 0.806 bits per heavy atom. The van der Waals surface area contributed by atoms with Crippen molar-refractivity contribution in [1.29, 1.82) is 0 Å². The van der Waals surface area contributed by atoms with Gasteiger partial charge >= 0.3 is 0 Å². The van der Waals surface area contributed by atoms with Gasteiger partial charge in [0.2, 0.25) is 0 Å². The molecular formula is C26H23N3O6S. The molecule has 1 heterocycles. The van der Waals surface area contributed by atoms with Gasteiger partial charge in [-0.2, -0.15) is 0 Å². The summed E-state index contributed by atoms with van der Waals surface area (Å²) in [5.74, 6) is 0.662. The van der Waals surface area contributed by atoms with Gasteiger partial charge in [-0.25, -0.2) is 0 Å². The smallest absolute Gasteiger partial charge is 0.291 e. The normalized spacial score (nSPS) is 10.4. The maximum absolute atomic E-state index is 12.7. The highest BCUT2D eigenvalue weighted by Crippen LogP contribution is 2.29. The molecule has 0 saturated heterocycles. The number of rotatable bonds is 7. The number of furan rings is 1. The highest BCUT2D eigenvalue weighted by atomic mass is 32.1. The van der Waals surface area contributed by atoms with Gasteiger partial charge in [0, 0.05) is 28.8 Å². The van der Waals surface area contributed by atoms with E-state index < -0.39 is 11.8 Å². The first-order valence-electron chi connectivity index (χ1n) is 10.7. The number of ether oxygens (including phenoxy) is 3. The van der Waals surface area contributed by atoms with Gasteiger partial charge in [0.25, 0.3) is 11.8 Å². The fourth-order valence-electron chi connectivity index (χ4n) is 3.43. The van der Waals surface area contributed by atoms with Crippen molar-refractivity contribution in [1.82, 2.24) is 5.32 Å². The predicted octanol–water partition coefficient (Wildman–Crippen LogP) is 4.84. The molecule has 36 heavy (non-hydrogen) atoms. The van der Waals surface area contributed by atoms with Crippen LogP contribution in [0.15, 0.2) is 71.1 Å². The van der Waals surface area contributed by atoms with Gasteiger partial charge in [0.15, 0.2) is 10.9 Å². The van der Waals surface area contributed by atoms with Crippen molar-refractivity contribution in [2.24, 2.45) is 0 Å². The Morgan fingerprint density at radius 3 is 2.19 bits per heavy atom. The molecule has 0 spiro atoms. The Balaban J connectivity index is 1.43. The van der Waals surface area contributed by atoms with Crippen LogP contribution in [-0.2, 0) is 0 Å². The SMILES string of the molecule is COc1cc(OC)cc(C(=O)NC(=S)Nc2ccc(NC(=O)c3cc4ccccc4o3)c(OC)c2)c1. The fraction of sp³-hybridized carbons (Fsp3) is 0.115. The molecule has 0 aliphatic carbocycles. The summed E-state index contributed by atoms with van der Waals surface area (Å²) < 4.78 is 21.4. The van der Waals surface area contributed by atoms with Gasteiger partial charge in [-0.1, -0.05) is 18.2 Å². The molecule has 1 aromatic heterocycles. The molecule has 10 heteroatoms. The number of anilines is 2. The zero-order valence-electron chi connectivity index (χ0n) is 19.7. The molecule has 0 unspecified atom stereocenters. The fourth-order valence-corrected chi connectivity index (χ4v) is 3.64. The second kappa shape index (κ2) is 10.8. The highest BCUT2D eigenvalue weighted by Gasteiger charge is 2.16. The van der Waals surface area contributed by atoms with E-state index in [9.17, 15) is 9.59 Å². The molecule has 3 N–H and O–H groups in total. The third kappa shape index (κ3) is 5.56. The molecule has 4 rings (SSSR count). The summed E-state index contributed by atoms with van der Waals surface area (Å²) in [7, 11) is 4.48. The minimum Gasteiger partial charge on any atom is -0.497 e. The van der Waals surface area contributed by atoms with E-state index in [4.69, 9.17) is 30.8 Å². The van der Waals surface area contributed by atoms with Gasteiger partial charge in [-0.05, 0) is 48.6 Å². The Kier molecular flexibility index (Phi) is 7.36. The Morgan fingerprint density at radius 2 is 1.53 bits per heavy atom. The number of hydrogen-bond acceptors (Lipinski definition) is 7. The maximum atomic E-state index is 12.7. The van der Waals surface area contributed by atoms with Gasteiger partial charge in [-0.15, -0.1) is 0 Å². The monoisotopic (exact) mass is 505 g/mol. The molecule has 0 bridgehead atoms. The van der Waals surface area contributed by atoms with Crippen LogP contribution in [0.5, 0.6) is 17.2 Å². The molecule has 4 aromatic rings. The van der Waals surface area contributed by atoms with Crippen molar-refractivity contribution in [2.75, 3.05) is 32.0 Å². The molecule has 0 aliphatic rings. The van der Waals surface area contributed by atoms with Crippen molar-refractivity contribution in [3.05, 3.63) is 78.1 Å². The van der Waals surface area contributed by atoms with E-state index in [1.165, 1.54) is 21.3 Å². The Labute approximate surface area is 212 Å². The van der Waals surface area contributed by atoms with Gasteiger partial charge in [-0.3, -0.25) is 14.9 Å². The van der Waals surface area contributed by atoms with Crippen LogP contribution in [0.3, 0.4) is 0 Å². The van der Waals surface area contributed by atoms with Crippen molar-refractivity contribution in [3.63, 3.8) is 0 Å². The number of para-hydroxylation sites is 1. The second-order valence-corrected chi connectivity index (χ2v) is 7.94. The van der Waals surface area contributed by atoms with Gasteiger partial charge in [0.1, 0.15) is 22.8 Å². The topological polar surface area (TPSA) is 111 Å². The number of nitrogens with one attached hydrogen (secondary N) is 3. The van der Waals surface area contributed by atoms with Crippen LogP contribution < -0.4 is 30.2 Å². The van der Waals surface area contributed by atoms with Crippen LogP contribution in [0.25, 0.3) is 11.0 Å². The lowest BCUT2D eigenvalue weighted by atomic mass is 10.2. The van der Waals surface area contributed by atoms with E-state index in [2.05, 4.69) is 16.0 Å². The summed E-state index contributed by atoms with van der Waals surface area (Å²) in [6.07, 6.45) is 0. The van der Waals surface area contributed by atoms with E-state index in [1.54, 1.807) is 48.5 Å². The average Bonchev–Trinajstić information content (AvgIpc) is 3.33. The van der Waals surface area contributed by atoms with E-state index in [0.717, 1.165) is 5.39 Å². The average molecular weight is 506 g/mol. The molecule has 0 atom stereocenters. The molecule has 2 amide bonds. The molecule has 0 radical (unpaired) electrons. The largest absolute Gasteiger partial charge is 0.497 e. The summed E-state index contributed by atoms with van der Waals surface area (Å²) in [4.78, 5) is 25.3. The summed E-state index contributed by atoms with van der Waals surface area (Å²) >= 11 is 5.28. The summed E-state index contributed by atoms with van der Waals surface area (Å²) in [5.41, 5.74) is 1.92. The third-order valence-corrected chi connectivity index (χ3v) is 5.40. The lowest BCUT2D eigenvalue weighted by Crippen LogP contribution is -2.34. The minimum absolute atomic E-state index is 0.0721. The third-order valence-electron chi connectivity index (χ3n) is 5.20. The standard InChI is InChI=1S/C26H23N3O6S/c1-32-18-10-16(11-19(14-18)33-2)24(30)29-26(36)27-17-8-9-20(22(13-17)34-3)28-25(31)23-12-15-6-4-5-7-21(15)35-23/h4-14H,1-3H3,(H,28,31)(H2,27,29,30,36). The number of carbonyl (C=O) groups excluding carboxylic acids is 2. The van der Waals surface area contributed by atoms with Crippen LogP contribution in [-0.4, -0.2) is 38.3 Å². The number of carbonyl (C=O) groups is 2. The lowest BCUT2D eigenvalue weighted by molar-refractivity contribution is 0.0974.